The Kier molecular flexibility index (Phi) is 5.62. The van der Waals surface area contributed by atoms with Crippen molar-refractivity contribution in [2.45, 2.75) is 17.7 Å². The predicted molar refractivity (Wildman–Crippen MR) is 86.3 cm³/mol. The molecule has 0 unspecified atom stereocenters. The van der Waals surface area contributed by atoms with Crippen LogP contribution in [0.3, 0.4) is 0 Å². The highest BCUT2D eigenvalue weighted by Gasteiger charge is 2.11. The Labute approximate surface area is 134 Å². The molecule has 0 aliphatic carbocycles. The minimum atomic E-state index is -1.40. The van der Waals surface area contributed by atoms with E-state index in [9.17, 15) is 13.4 Å². The van der Waals surface area contributed by atoms with Crippen LogP contribution < -0.4 is 10.6 Å². The number of aromatic nitrogens is 1. The summed E-state index contributed by atoms with van der Waals surface area (Å²) in [6, 6.07) is 3.65. The van der Waals surface area contributed by atoms with E-state index in [1.54, 1.807) is 6.20 Å². The summed E-state index contributed by atoms with van der Waals surface area (Å²) in [7, 11) is -1.40. The minimum Gasteiger partial charge on any atom is -0.337 e. The van der Waals surface area contributed by atoms with Crippen LogP contribution in [0.2, 0.25) is 0 Å². The molecule has 2 N–H and O–H groups in total. The van der Waals surface area contributed by atoms with Gasteiger partial charge in [-0.3, -0.25) is 4.21 Å². The van der Waals surface area contributed by atoms with Gasteiger partial charge in [0.25, 0.3) is 0 Å². The summed E-state index contributed by atoms with van der Waals surface area (Å²) in [5.41, 5.74) is 0.311. The SMILES string of the molecule is C[C@@H](CNC(=O)Nc1ccc([S@](C)=O)c(F)c1)c1nccs1. The maximum Gasteiger partial charge on any atom is 0.319 e. The summed E-state index contributed by atoms with van der Waals surface area (Å²) in [5.74, 6) is -0.498. The smallest absolute Gasteiger partial charge is 0.319 e. The largest absolute Gasteiger partial charge is 0.337 e. The van der Waals surface area contributed by atoms with Gasteiger partial charge in [0, 0.05) is 36.0 Å². The molecule has 0 radical (unpaired) electrons. The van der Waals surface area contributed by atoms with Gasteiger partial charge in [-0.2, -0.15) is 0 Å². The van der Waals surface area contributed by atoms with E-state index < -0.39 is 22.6 Å². The topological polar surface area (TPSA) is 71.1 Å². The fraction of sp³-hybridized carbons (Fsp3) is 0.286. The Bertz CT molecular complexity index is 677. The van der Waals surface area contributed by atoms with Crippen molar-refractivity contribution in [3.05, 3.63) is 40.6 Å². The first-order chi connectivity index (χ1) is 10.5. The molecule has 0 bridgehead atoms. The van der Waals surface area contributed by atoms with Crippen LogP contribution in [0.1, 0.15) is 17.8 Å². The number of benzene rings is 1. The van der Waals surface area contributed by atoms with E-state index in [1.807, 2.05) is 12.3 Å². The van der Waals surface area contributed by atoms with Crippen LogP contribution in [0.5, 0.6) is 0 Å². The average molecular weight is 341 g/mol. The fourth-order valence-corrected chi connectivity index (χ4v) is 3.09. The van der Waals surface area contributed by atoms with Gasteiger partial charge in [0.2, 0.25) is 0 Å². The van der Waals surface area contributed by atoms with Crippen molar-refractivity contribution >= 4 is 33.9 Å². The van der Waals surface area contributed by atoms with E-state index in [0.29, 0.717) is 12.2 Å². The molecule has 1 aromatic carbocycles. The lowest BCUT2D eigenvalue weighted by Gasteiger charge is -2.11. The molecule has 2 rings (SSSR count). The summed E-state index contributed by atoms with van der Waals surface area (Å²) in [4.78, 5) is 16.1. The third kappa shape index (κ3) is 4.35. The molecule has 118 valence electrons. The normalized spacial score (nSPS) is 13.4. The van der Waals surface area contributed by atoms with Crippen LogP contribution in [-0.4, -0.2) is 28.0 Å². The third-order valence-electron chi connectivity index (χ3n) is 2.94. The first-order valence-corrected chi connectivity index (χ1v) is 8.98. The van der Waals surface area contributed by atoms with Gasteiger partial charge in [0.15, 0.2) is 0 Å². The number of rotatable bonds is 5. The van der Waals surface area contributed by atoms with Crippen LogP contribution >= 0.6 is 11.3 Å². The van der Waals surface area contributed by atoms with Crippen molar-refractivity contribution in [2.24, 2.45) is 0 Å². The maximum atomic E-state index is 13.7. The van der Waals surface area contributed by atoms with Crippen LogP contribution in [0.25, 0.3) is 0 Å². The van der Waals surface area contributed by atoms with Crippen molar-refractivity contribution < 1.29 is 13.4 Å². The highest BCUT2D eigenvalue weighted by Crippen LogP contribution is 2.18. The van der Waals surface area contributed by atoms with E-state index in [-0.39, 0.29) is 10.8 Å². The predicted octanol–water partition coefficient (Wildman–Crippen LogP) is 2.94. The second-order valence-corrected chi connectivity index (χ2v) is 6.98. The van der Waals surface area contributed by atoms with E-state index >= 15 is 0 Å². The molecule has 1 aromatic heterocycles. The quantitative estimate of drug-likeness (QED) is 0.878. The summed E-state index contributed by atoms with van der Waals surface area (Å²) in [6.07, 6.45) is 3.12. The Morgan fingerprint density at radius 1 is 1.50 bits per heavy atom. The van der Waals surface area contributed by atoms with E-state index in [4.69, 9.17) is 0 Å². The molecule has 0 fully saturated rings. The number of anilines is 1. The number of carbonyl (C=O) groups is 1. The number of halogens is 1. The molecule has 22 heavy (non-hydrogen) atoms. The zero-order valence-electron chi connectivity index (χ0n) is 12.1. The summed E-state index contributed by atoms with van der Waals surface area (Å²) < 4.78 is 24.9. The Morgan fingerprint density at radius 3 is 2.86 bits per heavy atom. The Balaban J connectivity index is 1.89. The van der Waals surface area contributed by atoms with Crippen molar-refractivity contribution in [3.63, 3.8) is 0 Å². The number of hydrogen-bond acceptors (Lipinski definition) is 4. The Morgan fingerprint density at radius 2 is 2.27 bits per heavy atom. The highest BCUT2D eigenvalue weighted by atomic mass is 32.2. The van der Waals surface area contributed by atoms with Gasteiger partial charge in [-0.15, -0.1) is 11.3 Å². The first kappa shape index (κ1) is 16.6. The average Bonchev–Trinajstić information content (AvgIpc) is 2.98. The lowest BCUT2D eigenvalue weighted by atomic mass is 10.2. The second-order valence-electron chi connectivity index (χ2n) is 4.71. The van der Waals surface area contributed by atoms with Crippen molar-refractivity contribution in [1.29, 1.82) is 0 Å². The number of carbonyl (C=O) groups excluding carboxylic acids is 1. The lowest BCUT2D eigenvalue weighted by Crippen LogP contribution is -2.31. The number of nitrogens with one attached hydrogen (secondary N) is 2. The fourth-order valence-electron chi connectivity index (χ4n) is 1.80. The van der Waals surface area contributed by atoms with E-state index in [0.717, 1.165) is 11.1 Å². The summed E-state index contributed by atoms with van der Waals surface area (Å²) >= 11 is 1.53. The minimum absolute atomic E-state index is 0.104. The number of thiazole rings is 1. The molecule has 0 aliphatic heterocycles. The number of hydrogen-bond donors (Lipinski definition) is 2. The van der Waals surface area contributed by atoms with Gasteiger partial charge in [-0.25, -0.2) is 14.2 Å². The molecule has 5 nitrogen and oxygen atoms in total. The van der Waals surface area contributed by atoms with Gasteiger partial charge >= 0.3 is 6.03 Å². The standard InChI is InChI=1S/C14H16FN3O2S2/c1-9(13-16-5-6-21-13)8-17-14(19)18-10-3-4-12(22(2)20)11(15)7-10/h3-7,9H,8H2,1-2H3,(H2,17,18,19)/t9-,22-/m0/s1. The molecule has 0 spiro atoms. The zero-order chi connectivity index (χ0) is 16.1. The molecule has 2 atom stereocenters. The van der Waals surface area contributed by atoms with Gasteiger partial charge in [-0.1, -0.05) is 6.92 Å². The van der Waals surface area contributed by atoms with Gasteiger partial charge in [-0.05, 0) is 18.2 Å². The van der Waals surface area contributed by atoms with Crippen LogP contribution in [0.4, 0.5) is 14.9 Å². The number of nitrogens with zero attached hydrogens (tertiary/aromatic N) is 1. The summed E-state index contributed by atoms with van der Waals surface area (Å²) in [5, 5.41) is 8.08. The molecule has 0 saturated heterocycles. The molecule has 2 amide bonds. The zero-order valence-corrected chi connectivity index (χ0v) is 13.8. The molecule has 0 aliphatic rings. The Hall–Kier alpha value is -1.80. The molecule has 1 heterocycles. The lowest BCUT2D eigenvalue weighted by molar-refractivity contribution is 0.251. The highest BCUT2D eigenvalue weighted by molar-refractivity contribution is 7.84. The van der Waals surface area contributed by atoms with Gasteiger partial charge in [0.05, 0.1) is 20.7 Å². The molecule has 8 heteroatoms. The van der Waals surface area contributed by atoms with E-state index in [1.165, 1.54) is 29.7 Å². The van der Waals surface area contributed by atoms with Crippen molar-refractivity contribution in [3.8, 4) is 0 Å². The number of amides is 2. The van der Waals surface area contributed by atoms with Gasteiger partial charge in [0.1, 0.15) is 5.82 Å². The molecular formula is C14H16FN3O2S2. The number of urea groups is 1. The van der Waals surface area contributed by atoms with Crippen LogP contribution in [-0.2, 0) is 10.8 Å². The molecular weight excluding hydrogens is 325 g/mol. The maximum absolute atomic E-state index is 13.7. The first-order valence-electron chi connectivity index (χ1n) is 6.54. The van der Waals surface area contributed by atoms with Crippen LogP contribution in [0.15, 0.2) is 34.7 Å². The molecule has 2 aromatic rings. The third-order valence-corrected chi connectivity index (χ3v) is 4.90. The summed E-state index contributed by atoms with van der Waals surface area (Å²) in [6.45, 7) is 2.39. The van der Waals surface area contributed by atoms with Crippen molar-refractivity contribution in [2.75, 3.05) is 18.1 Å². The second kappa shape index (κ2) is 7.46. The van der Waals surface area contributed by atoms with Crippen molar-refractivity contribution in [1.82, 2.24) is 10.3 Å². The van der Waals surface area contributed by atoms with Crippen LogP contribution in [0, 0.1) is 5.82 Å². The monoisotopic (exact) mass is 341 g/mol. The van der Waals surface area contributed by atoms with Gasteiger partial charge < -0.3 is 10.6 Å². The molecule has 0 saturated carbocycles. The van der Waals surface area contributed by atoms with E-state index in [2.05, 4.69) is 15.6 Å².